The van der Waals surface area contributed by atoms with Gasteiger partial charge in [-0.1, -0.05) is 0 Å². The molecule has 0 aliphatic carbocycles. The van der Waals surface area contributed by atoms with Crippen molar-refractivity contribution < 1.29 is 14.3 Å². The fourth-order valence-corrected chi connectivity index (χ4v) is 2.80. The number of amides is 2. The van der Waals surface area contributed by atoms with Crippen LogP contribution in [0.25, 0.3) is 0 Å². The summed E-state index contributed by atoms with van der Waals surface area (Å²) in [4.78, 5) is 28.3. The molecule has 1 aliphatic rings. The summed E-state index contributed by atoms with van der Waals surface area (Å²) in [6.07, 6.45) is 2.62. The monoisotopic (exact) mass is 327 g/mol. The standard InChI is InChI=1S/C17H33N3O3/c1-12(2)20(15(21)13(3)18)11-14-9-7-8-10-19(14)16(22)23-17(4,5)6/h12-14H,7-11,18H2,1-6H3. The number of hydrogen-bond donors (Lipinski definition) is 1. The second kappa shape index (κ2) is 7.99. The summed E-state index contributed by atoms with van der Waals surface area (Å²) >= 11 is 0. The normalized spacial score (nSPS) is 20.3. The first-order valence-corrected chi connectivity index (χ1v) is 8.58. The van der Waals surface area contributed by atoms with Crippen LogP contribution in [0.3, 0.4) is 0 Å². The summed E-state index contributed by atoms with van der Waals surface area (Å²) in [6, 6.07) is -0.490. The highest BCUT2D eigenvalue weighted by atomic mass is 16.6. The smallest absolute Gasteiger partial charge is 0.410 e. The third kappa shape index (κ3) is 6.01. The van der Waals surface area contributed by atoms with Crippen LogP contribution in [0, 0.1) is 0 Å². The summed E-state index contributed by atoms with van der Waals surface area (Å²) in [7, 11) is 0. The first-order chi connectivity index (χ1) is 10.5. The van der Waals surface area contributed by atoms with Gasteiger partial charge in [0.2, 0.25) is 5.91 Å². The molecule has 1 fully saturated rings. The Morgan fingerprint density at radius 1 is 1.26 bits per heavy atom. The minimum absolute atomic E-state index is 0.0105. The van der Waals surface area contributed by atoms with Gasteiger partial charge in [-0.25, -0.2) is 4.79 Å². The maximum atomic E-state index is 12.5. The van der Waals surface area contributed by atoms with Crippen molar-refractivity contribution in [1.29, 1.82) is 0 Å². The first kappa shape index (κ1) is 19.7. The zero-order valence-electron chi connectivity index (χ0n) is 15.5. The average molecular weight is 327 g/mol. The molecule has 23 heavy (non-hydrogen) atoms. The summed E-state index contributed by atoms with van der Waals surface area (Å²) in [6.45, 7) is 12.4. The highest BCUT2D eigenvalue weighted by Crippen LogP contribution is 2.22. The maximum absolute atomic E-state index is 12.5. The molecule has 6 heteroatoms. The molecule has 0 spiro atoms. The molecule has 0 saturated carbocycles. The molecule has 2 amide bonds. The van der Waals surface area contributed by atoms with Crippen LogP contribution >= 0.6 is 0 Å². The Morgan fingerprint density at radius 2 is 1.87 bits per heavy atom. The van der Waals surface area contributed by atoms with E-state index in [0.29, 0.717) is 13.1 Å². The molecule has 0 aromatic rings. The van der Waals surface area contributed by atoms with Crippen molar-refractivity contribution in [3.05, 3.63) is 0 Å². The van der Waals surface area contributed by atoms with Crippen molar-refractivity contribution in [2.75, 3.05) is 13.1 Å². The number of piperidine rings is 1. The number of carbonyl (C=O) groups is 2. The minimum Gasteiger partial charge on any atom is -0.444 e. The molecule has 0 aromatic heterocycles. The molecule has 0 bridgehead atoms. The SMILES string of the molecule is CC(N)C(=O)N(CC1CCCCN1C(=O)OC(C)(C)C)C(C)C. The van der Waals surface area contributed by atoms with Gasteiger partial charge in [0.1, 0.15) is 5.60 Å². The largest absolute Gasteiger partial charge is 0.444 e. The van der Waals surface area contributed by atoms with E-state index in [1.165, 1.54) is 0 Å². The third-order valence-electron chi connectivity index (χ3n) is 3.96. The average Bonchev–Trinajstić information content (AvgIpc) is 2.42. The molecule has 2 unspecified atom stereocenters. The zero-order chi connectivity index (χ0) is 17.8. The topological polar surface area (TPSA) is 75.9 Å². The summed E-state index contributed by atoms with van der Waals surface area (Å²) < 4.78 is 5.52. The van der Waals surface area contributed by atoms with E-state index in [1.807, 2.05) is 34.6 Å². The minimum atomic E-state index is -0.532. The number of nitrogens with two attached hydrogens (primary N) is 1. The van der Waals surface area contributed by atoms with E-state index in [2.05, 4.69) is 0 Å². The molecular weight excluding hydrogens is 294 g/mol. The quantitative estimate of drug-likeness (QED) is 0.860. The van der Waals surface area contributed by atoms with Gasteiger partial charge in [0.25, 0.3) is 0 Å². The fourth-order valence-electron chi connectivity index (χ4n) is 2.80. The molecule has 0 radical (unpaired) electrons. The van der Waals surface area contributed by atoms with E-state index in [9.17, 15) is 9.59 Å². The van der Waals surface area contributed by atoms with Crippen LogP contribution < -0.4 is 5.73 Å². The van der Waals surface area contributed by atoms with Gasteiger partial charge < -0.3 is 20.3 Å². The van der Waals surface area contributed by atoms with Gasteiger partial charge >= 0.3 is 6.09 Å². The Bertz CT molecular complexity index is 416. The Kier molecular flexibility index (Phi) is 6.86. The fraction of sp³-hybridized carbons (Fsp3) is 0.882. The van der Waals surface area contributed by atoms with Crippen molar-refractivity contribution in [3.8, 4) is 0 Å². The Morgan fingerprint density at radius 3 is 2.35 bits per heavy atom. The second-order valence-electron chi connectivity index (χ2n) is 7.70. The van der Waals surface area contributed by atoms with Gasteiger partial charge in [-0.05, 0) is 60.8 Å². The summed E-state index contributed by atoms with van der Waals surface area (Å²) in [5, 5.41) is 0. The number of hydrogen-bond acceptors (Lipinski definition) is 4. The second-order valence-corrected chi connectivity index (χ2v) is 7.70. The van der Waals surface area contributed by atoms with Crippen LogP contribution in [0.2, 0.25) is 0 Å². The highest BCUT2D eigenvalue weighted by molar-refractivity contribution is 5.81. The molecule has 2 N–H and O–H groups in total. The number of ether oxygens (including phenoxy) is 1. The molecule has 2 atom stereocenters. The predicted octanol–water partition coefficient (Wildman–Crippen LogP) is 2.36. The van der Waals surface area contributed by atoms with Crippen molar-refractivity contribution in [2.24, 2.45) is 5.73 Å². The highest BCUT2D eigenvalue weighted by Gasteiger charge is 2.33. The predicted molar refractivity (Wildman–Crippen MR) is 91.1 cm³/mol. The molecule has 6 nitrogen and oxygen atoms in total. The number of rotatable bonds is 4. The van der Waals surface area contributed by atoms with Crippen molar-refractivity contribution in [2.45, 2.75) is 84.5 Å². The lowest BCUT2D eigenvalue weighted by molar-refractivity contribution is -0.135. The van der Waals surface area contributed by atoms with Gasteiger partial charge in [-0.3, -0.25) is 4.79 Å². The van der Waals surface area contributed by atoms with Gasteiger partial charge in [0.15, 0.2) is 0 Å². The third-order valence-corrected chi connectivity index (χ3v) is 3.96. The van der Waals surface area contributed by atoms with Gasteiger partial charge in [0.05, 0.1) is 12.1 Å². The lowest BCUT2D eigenvalue weighted by atomic mass is 10.0. The number of nitrogens with zero attached hydrogens (tertiary/aromatic N) is 2. The number of likely N-dealkylation sites (tertiary alicyclic amines) is 1. The van der Waals surface area contributed by atoms with Gasteiger partial charge in [-0.2, -0.15) is 0 Å². The van der Waals surface area contributed by atoms with Crippen LogP contribution in [-0.2, 0) is 9.53 Å². The van der Waals surface area contributed by atoms with Crippen LogP contribution in [0.1, 0.15) is 60.8 Å². The first-order valence-electron chi connectivity index (χ1n) is 8.58. The van der Waals surface area contributed by atoms with E-state index in [-0.39, 0.29) is 24.1 Å². The van der Waals surface area contributed by atoms with Gasteiger partial charge in [-0.15, -0.1) is 0 Å². The zero-order valence-corrected chi connectivity index (χ0v) is 15.5. The molecule has 1 rings (SSSR count). The van der Waals surface area contributed by atoms with Crippen molar-refractivity contribution in [1.82, 2.24) is 9.80 Å². The molecule has 134 valence electrons. The van der Waals surface area contributed by atoms with E-state index >= 15 is 0 Å². The molecule has 1 aliphatic heterocycles. The number of carbonyl (C=O) groups excluding carboxylic acids is 2. The lowest BCUT2D eigenvalue weighted by Gasteiger charge is -2.40. The summed E-state index contributed by atoms with van der Waals surface area (Å²) in [5.41, 5.74) is 5.25. The van der Waals surface area contributed by atoms with Gasteiger partial charge in [0, 0.05) is 19.1 Å². The van der Waals surface area contributed by atoms with Crippen LogP contribution in [0.15, 0.2) is 0 Å². The van der Waals surface area contributed by atoms with E-state index in [0.717, 1.165) is 19.3 Å². The van der Waals surface area contributed by atoms with Crippen LogP contribution in [0.4, 0.5) is 4.79 Å². The maximum Gasteiger partial charge on any atom is 0.410 e. The van der Waals surface area contributed by atoms with Crippen molar-refractivity contribution in [3.63, 3.8) is 0 Å². The Hall–Kier alpha value is -1.30. The Balaban J connectivity index is 2.84. The molecule has 1 saturated heterocycles. The van der Waals surface area contributed by atoms with Crippen LogP contribution in [-0.4, -0.2) is 58.6 Å². The van der Waals surface area contributed by atoms with E-state index in [4.69, 9.17) is 10.5 Å². The van der Waals surface area contributed by atoms with Crippen molar-refractivity contribution >= 4 is 12.0 Å². The lowest BCUT2D eigenvalue weighted by Crippen LogP contribution is -2.55. The molecular formula is C17H33N3O3. The molecule has 1 heterocycles. The molecule has 0 aromatic carbocycles. The summed E-state index contributed by atoms with van der Waals surface area (Å²) in [5.74, 6) is -0.0743. The van der Waals surface area contributed by atoms with E-state index < -0.39 is 11.6 Å². The van der Waals surface area contributed by atoms with E-state index in [1.54, 1.807) is 16.7 Å². The Labute approximate surface area is 140 Å². The van der Waals surface area contributed by atoms with Crippen LogP contribution in [0.5, 0.6) is 0 Å².